The summed E-state index contributed by atoms with van der Waals surface area (Å²) in [7, 11) is 0. The molecule has 1 aliphatic heterocycles. The summed E-state index contributed by atoms with van der Waals surface area (Å²) in [4.78, 5) is 36.1. The Balaban J connectivity index is 1.99. The monoisotopic (exact) mass is 374 g/mol. The van der Waals surface area contributed by atoms with Crippen molar-refractivity contribution in [2.24, 2.45) is 23.5 Å². The molecule has 0 radical (unpaired) electrons. The molecule has 0 spiro atoms. The molecule has 1 aromatic rings. The van der Waals surface area contributed by atoms with E-state index in [4.69, 9.17) is 5.73 Å². The van der Waals surface area contributed by atoms with Crippen molar-refractivity contribution < 1.29 is 14.4 Å². The van der Waals surface area contributed by atoms with Gasteiger partial charge in [-0.1, -0.05) is 44.2 Å². The van der Waals surface area contributed by atoms with Crippen LogP contribution in [0.25, 0.3) is 0 Å². The summed E-state index contributed by atoms with van der Waals surface area (Å²) in [5.41, 5.74) is 6.28. The van der Waals surface area contributed by atoms with E-state index in [-0.39, 0.29) is 36.1 Å². The van der Waals surface area contributed by atoms with E-state index in [1.807, 2.05) is 32.0 Å². The first-order valence-electron chi connectivity index (χ1n) is 9.47. The molecule has 27 heavy (non-hydrogen) atoms. The predicted molar refractivity (Wildman–Crippen MR) is 104 cm³/mol. The van der Waals surface area contributed by atoms with Gasteiger partial charge in [-0.3, -0.25) is 14.4 Å². The number of hydrogen-bond donors (Lipinski definition) is 4. The molecule has 1 aromatic carbocycles. The summed E-state index contributed by atoms with van der Waals surface area (Å²) >= 11 is 0. The largest absolute Gasteiger partial charge is 0.368 e. The molecule has 0 unspecified atom stereocenters. The fraction of sp³-hybridized carbons (Fsp3) is 0.550. The van der Waals surface area contributed by atoms with Crippen molar-refractivity contribution in [2.45, 2.75) is 32.7 Å². The molecule has 0 bridgehead atoms. The Morgan fingerprint density at radius 3 is 2.52 bits per heavy atom. The molecule has 7 nitrogen and oxygen atoms in total. The molecule has 1 aliphatic rings. The van der Waals surface area contributed by atoms with Crippen LogP contribution in [0.3, 0.4) is 0 Å². The lowest BCUT2D eigenvalue weighted by Crippen LogP contribution is -2.51. The first kappa shape index (κ1) is 20.9. The molecule has 5 N–H and O–H groups in total. The lowest BCUT2D eigenvalue weighted by Gasteiger charge is -2.24. The molecular weight excluding hydrogens is 344 g/mol. The van der Waals surface area contributed by atoms with E-state index in [1.54, 1.807) is 0 Å². The summed E-state index contributed by atoms with van der Waals surface area (Å²) in [6.45, 7) is 5.10. The fourth-order valence-electron chi connectivity index (χ4n) is 3.45. The van der Waals surface area contributed by atoms with Gasteiger partial charge in [-0.25, -0.2) is 0 Å². The van der Waals surface area contributed by atoms with Crippen molar-refractivity contribution in [3.05, 3.63) is 35.9 Å². The molecule has 148 valence electrons. The summed E-state index contributed by atoms with van der Waals surface area (Å²) < 4.78 is 0. The number of amides is 3. The third kappa shape index (κ3) is 6.67. The standard InChI is InChI=1S/C20H30N4O3/c1-13(2)8-17(20(27)23-12-18(21)25)24-19(26)16-11-22-10-15(16)9-14-6-4-3-5-7-14/h3-7,13,15-17,22H,8-12H2,1-2H3,(H2,21,25)(H,23,27)(H,24,26)/t15-,16-,17+/m1/s1. The van der Waals surface area contributed by atoms with Crippen LogP contribution in [-0.2, 0) is 20.8 Å². The van der Waals surface area contributed by atoms with Gasteiger partial charge in [-0.05, 0) is 36.8 Å². The van der Waals surface area contributed by atoms with Crippen LogP contribution in [0.2, 0.25) is 0 Å². The zero-order valence-corrected chi connectivity index (χ0v) is 16.0. The van der Waals surface area contributed by atoms with Crippen molar-refractivity contribution in [2.75, 3.05) is 19.6 Å². The number of rotatable bonds is 9. The van der Waals surface area contributed by atoms with Gasteiger partial charge in [0.25, 0.3) is 0 Å². The highest BCUT2D eigenvalue weighted by Gasteiger charge is 2.35. The predicted octanol–water partition coefficient (Wildman–Crippen LogP) is 0.197. The van der Waals surface area contributed by atoms with Crippen LogP contribution in [0.4, 0.5) is 0 Å². The van der Waals surface area contributed by atoms with Crippen LogP contribution >= 0.6 is 0 Å². The van der Waals surface area contributed by atoms with Gasteiger partial charge in [0.15, 0.2) is 0 Å². The second-order valence-corrected chi connectivity index (χ2v) is 7.59. The average Bonchev–Trinajstić information content (AvgIpc) is 3.07. The highest BCUT2D eigenvalue weighted by atomic mass is 16.2. The van der Waals surface area contributed by atoms with E-state index < -0.39 is 11.9 Å². The number of carbonyl (C=O) groups is 3. The quantitative estimate of drug-likeness (QED) is 0.494. The molecule has 1 saturated heterocycles. The van der Waals surface area contributed by atoms with Gasteiger partial charge in [0.1, 0.15) is 6.04 Å². The molecule has 7 heteroatoms. The lowest BCUT2D eigenvalue weighted by atomic mass is 9.88. The van der Waals surface area contributed by atoms with Crippen LogP contribution in [0.15, 0.2) is 30.3 Å². The normalized spacial score (nSPS) is 20.3. The number of hydrogen-bond acceptors (Lipinski definition) is 4. The Morgan fingerprint density at radius 2 is 1.89 bits per heavy atom. The van der Waals surface area contributed by atoms with Crippen LogP contribution in [0.5, 0.6) is 0 Å². The Bertz CT molecular complexity index is 648. The molecule has 0 aliphatic carbocycles. The van der Waals surface area contributed by atoms with E-state index in [9.17, 15) is 14.4 Å². The maximum atomic E-state index is 12.9. The second kappa shape index (κ2) is 10.1. The van der Waals surface area contributed by atoms with E-state index in [0.717, 1.165) is 13.0 Å². The average molecular weight is 374 g/mol. The van der Waals surface area contributed by atoms with Crippen LogP contribution in [-0.4, -0.2) is 43.4 Å². The summed E-state index contributed by atoms with van der Waals surface area (Å²) in [6.07, 6.45) is 1.31. The zero-order valence-electron chi connectivity index (χ0n) is 16.0. The van der Waals surface area contributed by atoms with Crippen molar-refractivity contribution >= 4 is 17.7 Å². The van der Waals surface area contributed by atoms with Gasteiger partial charge >= 0.3 is 0 Å². The zero-order chi connectivity index (χ0) is 19.8. The molecule has 2 rings (SSSR count). The summed E-state index contributed by atoms with van der Waals surface area (Å²) in [5, 5.41) is 8.66. The number of nitrogens with one attached hydrogen (secondary N) is 3. The minimum Gasteiger partial charge on any atom is -0.368 e. The van der Waals surface area contributed by atoms with Crippen molar-refractivity contribution in [1.29, 1.82) is 0 Å². The number of carbonyl (C=O) groups excluding carboxylic acids is 3. The summed E-state index contributed by atoms with van der Waals surface area (Å²) in [6, 6.07) is 9.41. The maximum absolute atomic E-state index is 12.9. The molecular formula is C20H30N4O3. The maximum Gasteiger partial charge on any atom is 0.243 e. The first-order valence-corrected chi connectivity index (χ1v) is 9.47. The van der Waals surface area contributed by atoms with Crippen LogP contribution in [0.1, 0.15) is 25.8 Å². The number of benzene rings is 1. The molecule has 3 amide bonds. The van der Waals surface area contributed by atoms with Gasteiger partial charge in [-0.15, -0.1) is 0 Å². The van der Waals surface area contributed by atoms with E-state index >= 15 is 0 Å². The SMILES string of the molecule is CC(C)C[C@H](NC(=O)[C@@H]1CNC[C@H]1Cc1ccccc1)C(=O)NCC(N)=O. The smallest absolute Gasteiger partial charge is 0.243 e. The molecule has 1 fully saturated rings. The Hall–Kier alpha value is -2.41. The van der Waals surface area contributed by atoms with Gasteiger partial charge in [0, 0.05) is 6.54 Å². The molecule has 3 atom stereocenters. The molecule has 0 aromatic heterocycles. The van der Waals surface area contributed by atoms with Gasteiger partial charge in [0.2, 0.25) is 17.7 Å². The first-order chi connectivity index (χ1) is 12.9. The fourth-order valence-corrected chi connectivity index (χ4v) is 3.45. The minimum absolute atomic E-state index is 0.124. The van der Waals surface area contributed by atoms with Crippen LogP contribution < -0.4 is 21.7 Å². The third-order valence-electron chi connectivity index (χ3n) is 4.79. The number of primary amides is 1. The van der Waals surface area contributed by atoms with E-state index in [1.165, 1.54) is 5.56 Å². The van der Waals surface area contributed by atoms with Gasteiger partial charge in [0.05, 0.1) is 12.5 Å². The van der Waals surface area contributed by atoms with E-state index in [0.29, 0.717) is 13.0 Å². The van der Waals surface area contributed by atoms with Crippen molar-refractivity contribution in [3.63, 3.8) is 0 Å². The number of nitrogens with two attached hydrogens (primary N) is 1. The Labute approximate surface area is 160 Å². The van der Waals surface area contributed by atoms with Crippen LogP contribution in [0, 0.1) is 17.8 Å². The highest BCUT2D eigenvalue weighted by molar-refractivity contribution is 5.91. The summed E-state index contributed by atoms with van der Waals surface area (Å²) in [5.74, 6) is -0.899. The Kier molecular flexibility index (Phi) is 7.79. The van der Waals surface area contributed by atoms with Gasteiger partial charge in [-0.2, -0.15) is 0 Å². The molecule has 0 saturated carbocycles. The third-order valence-corrected chi connectivity index (χ3v) is 4.79. The molecule has 1 heterocycles. The Morgan fingerprint density at radius 1 is 1.19 bits per heavy atom. The van der Waals surface area contributed by atoms with Crippen molar-refractivity contribution in [3.8, 4) is 0 Å². The van der Waals surface area contributed by atoms with Crippen molar-refractivity contribution in [1.82, 2.24) is 16.0 Å². The minimum atomic E-state index is -0.671. The van der Waals surface area contributed by atoms with E-state index in [2.05, 4.69) is 28.1 Å². The lowest BCUT2D eigenvalue weighted by molar-refractivity contribution is -0.132. The highest BCUT2D eigenvalue weighted by Crippen LogP contribution is 2.22. The van der Waals surface area contributed by atoms with Gasteiger partial charge < -0.3 is 21.7 Å². The topological polar surface area (TPSA) is 113 Å². The second-order valence-electron chi connectivity index (χ2n) is 7.59.